The zero-order valence-electron chi connectivity index (χ0n) is 18.7. The van der Waals surface area contributed by atoms with Crippen molar-refractivity contribution in [2.24, 2.45) is 0 Å². The van der Waals surface area contributed by atoms with Crippen LogP contribution in [0.5, 0.6) is 11.5 Å². The Labute approximate surface area is 208 Å². The fraction of sp³-hybridized carbons (Fsp3) is 0.192. The summed E-state index contributed by atoms with van der Waals surface area (Å²) in [6, 6.07) is 17.0. The molecule has 10 heteroatoms. The first kappa shape index (κ1) is 24.0. The topological polar surface area (TPSA) is 68.2 Å². The molecule has 0 atom stereocenters. The van der Waals surface area contributed by atoms with Gasteiger partial charge in [-0.3, -0.25) is 9.63 Å². The van der Waals surface area contributed by atoms with Crippen molar-refractivity contribution in [3.8, 4) is 11.5 Å². The fourth-order valence-corrected chi connectivity index (χ4v) is 5.08. The van der Waals surface area contributed by atoms with Gasteiger partial charge in [0.2, 0.25) is 0 Å². The van der Waals surface area contributed by atoms with Gasteiger partial charge in [-0.2, -0.15) is 0 Å². The Morgan fingerprint density at radius 2 is 1.83 bits per heavy atom. The first-order valence-electron chi connectivity index (χ1n) is 11.0. The van der Waals surface area contributed by atoms with Gasteiger partial charge in [-0.1, -0.05) is 18.2 Å². The molecule has 1 aromatic heterocycles. The van der Waals surface area contributed by atoms with E-state index >= 15 is 0 Å². The molecule has 1 aliphatic rings. The number of nitrogens with zero attached hydrogens (tertiary/aromatic N) is 1. The van der Waals surface area contributed by atoms with Gasteiger partial charge in [0.15, 0.2) is 0 Å². The Hall–Kier alpha value is -3.76. The van der Waals surface area contributed by atoms with Crippen LogP contribution in [0.4, 0.5) is 18.9 Å². The van der Waals surface area contributed by atoms with E-state index in [2.05, 4.69) is 4.74 Å². The second kappa shape index (κ2) is 9.71. The van der Waals surface area contributed by atoms with Gasteiger partial charge in [0.05, 0.1) is 18.7 Å². The summed E-state index contributed by atoms with van der Waals surface area (Å²) in [5, 5.41) is 13.5. The third kappa shape index (κ3) is 5.39. The average molecular weight is 516 g/mol. The third-order valence-electron chi connectivity index (χ3n) is 5.77. The summed E-state index contributed by atoms with van der Waals surface area (Å²) in [6.07, 6.45) is -4.77. The maximum Gasteiger partial charge on any atom is 0.573 e. The number of carbonyl (C=O) groups is 1. The van der Waals surface area contributed by atoms with Crippen molar-refractivity contribution in [3.63, 3.8) is 0 Å². The number of rotatable bonds is 7. The summed E-state index contributed by atoms with van der Waals surface area (Å²) in [6.45, 7) is 1.03. The van der Waals surface area contributed by atoms with Crippen LogP contribution < -0.4 is 14.5 Å². The quantitative estimate of drug-likeness (QED) is 0.305. The highest BCUT2D eigenvalue weighted by Crippen LogP contribution is 2.33. The average Bonchev–Trinajstić information content (AvgIpc) is 3.23. The first-order chi connectivity index (χ1) is 17.2. The molecular weight excluding hydrogens is 495 g/mol. The zero-order valence-corrected chi connectivity index (χ0v) is 19.6. The molecule has 0 bridgehead atoms. The molecule has 2 heterocycles. The lowest BCUT2D eigenvalue weighted by Crippen LogP contribution is -2.29. The Bertz CT molecular complexity index is 1400. The van der Waals surface area contributed by atoms with E-state index in [9.17, 15) is 18.0 Å². The van der Waals surface area contributed by atoms with Crippen molar-refractivity contribution in [2.75, 3.05) is 5.06 Å². The maximum atomic E-state index is 12.4. The lowest BCUT2D eigenvalue weighted by atomic mass is 10.0. The Morgan fingerprint density at radius 3 is 2.58 bits per heavy atom. The molecule has 0 saturated carbocycles. The van der Waals surface area contributed by atoms with Crippen LogP contribution in [0.25, 0.3) is 10.1 Å². The van der Waals surface area contributed by atoms with Crippen molar-refractivity contribution in [1.82, 2.24) is 0 Å². The van der Waals surface area contributed by atoms with Gasteiger partial charge in [-0.15, -0.1) is 24.5 Å². The van der Waals surface area contributed by atoms with E-state index in [0.29, 0.717) is 31.2 Å². The predicted octanol–water partition coefficient (Wildman–Crippen LogP) is 6.46. The van der Waals surface area contributed by atoms with Crippen molar-refractivity contribution < 1.29 is 37.4 Å². The van der Waals surface area contributed by atoms with E-state index < -0.39 is 12.3 Å². The molecule has 3 aromatic carbocycles. The minimum absolute atomic E-state index is 0.0208. The van der Waals surface area contributed by atoms with E-state index in [1.54, 1.807) is 5.06 Å². The monoisotopic (exact) mass is 515 g/mol. The smallest absolute Gasteiger partial charge is 0.489 e. The van der Waals surface area contributed by atoms with Crippen LogP contribution >= 0.6 is 11.3 Å². The summed E-state index contributed by atoms with van der Waals surface area (Å²) in [5.74, 6) is -0.490. The van der Waals surface area contributed by atoms with Crippen LogP contribution in [0.1, 0.15) is 22.3 Å². The summed E-state index contributed by atoms with van der Waals surface area (Å²) >= 11 is 1.48. The molecule has 1 aliphatic heterocycles. The predicted molar refractivity (Wildman–Crippen MR) is 128 cm³/mol. The Morgan fingerprint density at radius 1 is 1.06 bits per heavy atom. The molecule has 186 valence electrons. The highest BCUT2D eigenvalue weighted by atomic mass is 32.1. The maximum absolute atomic E-state index is 12.4. The van der Waals surface area contributed by atoms with Crippen molar-refractivity contribution in [2.45, 2.75) is 32.5 Å². The van der Waals surface area contributed by atoms with E-state index in [-0.39, 0.29) is 12.2 Å². The zero-order chi connectivity index (χ0) is 25.3. The molecule has 5 rings (SSSR count). The molecule has 0 unspecified atom stereocenters. The van der Waals surface area contributed by atoms with Gasteiger partial charge < -0.3 is 14.6 Å². The number of anilines is 1. The third-order valence-corrected chi connectivity index (χ3v) is 6.76. The lowest BCUT2D eigenvalue weighted by Gasteiger charge is -2.31. The molecule has 1 N–H and O–H groups in total. The second-order valence-corrected chi connectivity index (χ2v) is 9.10. The minimum Gasteiger partial charge on any atom is -0.489 e. The standard InChI is InChI=1S/C26H20F3NO5S/c27-26(28,29)35-20-6-4-19(5-7-20)30-12-23-16(2-1-3-17(23)14-34-30)13-33-21-8-9-22-18(10-25(31)32)15-36-24(22)11-21/h1-9,11,15H,10,12-14H2,(H,31,32). The van der Waals surface area contributed by atoms with Gasteiger partial charge in [0.25, 0.3) is 0 Å². The van der Waals surface area contributed by atoms with E-state index in [1.165, 1.54) is 35.6 Å². The first-order valence-corrected chi connectivity index (χ1v) is 11.8. The van der Waals surface area contributed by atoms with Crippen LogP contribution in [0.2, 0.25) is 0 Å². The van der Waals surface area contributed by atoms with Crippen molar-refractivity contribution in [1.29, 1.82) is 0 Å². The van der Waals surface area contributed by atoms with Gasteiger partial charge in [-0.25, -0.2) is 5.06 Å². The van der Waals surface area contributed by atoms with E-state index in [0.717, 1.165) is 32.3 Å². The minimum atomic E-state index is -4.74. The molecule has 36 heavy (non-hydrogen) atoms. The number of fused-ring (bicyclic) bond motifs is 2. The molecular formula is C26H20F3NO5S. The second-order valence-electron chi connectivity index (χ2n) is 8.18. The Kier molecular flexibility index (Phi) is 6.46. The van der Waals surface area contributed by atoms with E-state index in [1.807, 2.05) is 41.8 Å². The van der Waals surface area contributed by atoms with Crippen LogP contribution in [-0.4, -0.2) is 17.4 Å². The van der Waals surface area contributed by atoms with Crippen LogP contribution in [0.3, 0.4) is 0 Å². The summed E-state index contributed by atoms with van der Waals surface area (Å²) in [4.78, 5) is 16.9. The molecule has 0 saturated heterocycles. The van der Waals surface area contributed by atoms with Gasteiger partial charge in [-0.05, 0) is 75.5 Å². The van der Waals surface area contributed by atoms with Gasteiger partial charge in [0.1, 0.15) is 24.7 Å². The molecule has 0 spiro atoms. The van der Waals surface area contributed by atoms with Gasteiger partial charge >= 0.3 is 12.3 Å². The largest absolute Gasteiger partial charge is 0.573 e. The number of hydroxylamine groups is 1. The molecule has 6 nitrogen and oxygen atoms in total. The number of carboxylic acid groups (broad SMARTS) is 1. The van der Waals surface area contributed by atoms with Crippen LogP contribution in [-0.2, 0) is 35.8 Å². The van der Waals surface area contributed by atoms with Crippen molar-refractivity contribution in [3.05, 3.63) is 88.3 Å². The highest BCUT2D eigenvalue weighted by Gasteiger charge is 2.31. The van der Waals surface area contributed by atoms with Crippen LogP contribution in [0, 0.1) is 0 Å². The number of hydrogen-bond acceptors (Lipinski definition) is 6. The molecule has 4 aromatic rings. The molecule has 0 fully saturated rings. The fourth-order valence-electron chi connectivity index (χ4n) is 4.09. The molecule has 0 radical (unpaired) electrons. The number of alkyl halides is 3. The summed E-state index contributed by atoms with van der Waals surface area (Å²) in [5.41, 5.74) is 4.39. The summed E-state index contributed by atoms with van der Waals surface area (Å²) in [7, 11) is 0. The number of carboxylic acids is 1. The van der Waals surface area contributed by atoms with Gasteiger partial charge in [0, 0.05) is 4.70 Å². The molecule has 0 aliphatic carbocycles. The number of halogens is 3. The lowest BCUT2D eigenvalue weighted by molar-refractivity contribution is -0.274. The summed E-state index contributed by atoms with van der Waals surface area (Å²) < 4.78 is 48.3. The number of thiophene rings is 1. The van der Waals surface area contributed by atoms with E-state index in [4.69, 9.17) is 14.7 Å². The number of ether oxygens (including phenoxy) is 2. The SMILES string of the molecule is O=C(O)Cc1csc2cc(OCc3cccc4c3CN(c3ccc(OC(F)(F)F)cc3)OC4)ccc12. The normalized spacial score (nSPS) is 13.5. The van der Waals surface area contributed by atoms with Crippen molar-refractivity contribution >= 4 is 33.1 Å². The molecule has 0 amide bonds. The number of aliphatic carboxylic acids is 1. The number of hydrogen-bond donors (Lipinski definition) is 1. The number of benzene rings is 3. The Balaban J connectivity index is 1.29. The van der Waals surface area contributed by atoms with Crippen LogP contribution in [0.15, 0.2) is 66.0 Å². The highest BCUT2D eigenvalue weighted by molar-refractivity contribution is 7.17.